The van der Waals surface area contributed by atoms with Gasteiger partial charge in [-0.15, -0.1) is 0 Å². The number of carbonyl (C=O) groups excluding carboxylic acids is 2. The molecule has 0 aromatic heterocycles. The van der Waals surface area contributed by atoms with Crippen molar-refractivity contribution in [3.63, 3.8) is 0 Å². The molecular formula is C37H60O11. The van der Waals surface area contributed by atoms with Crippen molar-refractivity contribution < 1.29 is 54.1 Å². The van der Waals surface area contributed by atoms with E-state index in [0.717, 1.165) is 44.1 Å². The lowest BCUT2D eigenvalue weighted by Crippen LogP contribution is -2.63. The molecule has 3 saturated carbocycles. The zero-order chi connectivity index (χ0) is 35.1. The lowest BCUT2D eigenvalue weighted by Gasteiger charge is -2.62. The maximum atomic E-state index is 12.1. The molecule has 5 rings (SSSR count). The zero-order valence-corrected chi connectivity index (χ0v) is 29.6. The molecule has 0 radical (unpaired) electrons. The van der Waals surface area contributed by atoms with Crippen molar-refractivity contribution in [2.75, 3.05) is 13.2 Å². The molecule has 1 saturated heterocycles. The van der Waals surface area contributed by atoms with Crippen LogP contribution in [-0.4, -0.2) is 99.7 Å². The Morgan fingerprint density at radius 2 is 1.65 bits per heavy atom. The Morgan fingerprint density at radius 3 is 2.33 bits per heavy atom. The van der Waals surface area contributed by atoms with Crippen molar-refractivity contribution in [3.05, 3.63) is 11.6 Å². The van der Waals surface area contributed by atoms with Crippen molar-refractivity contribution in [1.29, 1.82) is 0 Å². The summed E-state index contributed by atoms with van der Waals surface area (Å²) in [5.41, 5.74) is 0.529. The number of aliphatic hydroxyl groups is 5. The lowest BCUT2D eigenvalue weighted by molar-refractivity contribution is -0.324. The molecule has 5 aliphatic rings. The summed E-state index contributed by atoms with van der Waals surface area (Å²) in [6, 6.07) is 0. The third-order valence-corrected chi connectivity index (χ3v) is 13.3. The molecule has 48 heavy (non-hydrogen) atoms. The Hall–Kier alpha value is -1.60. The van der Waals surface area contributed by atoms with Crippen LogP contribution in [0.3, 0.4) is 0 Å². The van der Waals surface area contributed by atoms with Gasteiger partial charge >= 0.3 is 11.9 Å². The van der Waals surface area contributed by atoms with Crippen LogP contribution in [-0.2, 0) is 28.5 Å². The largest absolute Gasteiger partial charge is 0.466 e. The van der Waals surface area contributed by atoms with Crippen molar-refractivity contribution in [3.8, 4) is 0 Å². The van der Waals surface area contributed by atoms with E-state index >= 15 is 0 Å². The van der Waals surface area contributed by atoms with E-state index in [0.29, 0.717) is 37.7 Å². The monoisotopic (exact) mass is 680 g/mol. The second-order valence-corrected chi connectivity index (χ2v) is 16.3. The van der Waals surface area contributed by atoms with E-state index in [4.69, 9.17) is 18.9 Å². The maximum Gasteiger partial charge on any atom is 0.302 e. The molecule has 0 spiro atoms. The summed E-state index contributed by atoms with van der Waals surface area (Å²) in [5, 5.41) is 55.2. The second-order valence-electron chi connectivity index (χ2n) is 16.3. The summed E-state index contributed by atoms with van der Waals surface area (Å²) < 4.78 is 23.0. The summed E-state index contributed by atoms with van der Waals surface area (Å²) in [4.78, 5) is 22.7. The number of hydrogen-bond donors (Lipinski definition) is 5. The van der Waals surface area contributed by atoms with Crippen LogP contribution in [0.15, 0.2) is 11.6 Å². The highest BCUT2D eigenvalue weighted by molar-refractivity contribution is 5.66. The Labute approximate surface area is 285 Å². The molecule has 11 nitrogen and oxygen atoms in total. The maximum absolute atomic E-state index is 12.1. The topological polar surface area (TPSA) is 172 Å². The van der Waals surface area contributed by atoms with Crippen molar-refractivity contribution in [2.45, 2.75) is 148 Å². The fourth-order valence-corrected chi connectivity index (χ4v) is 10.6. The van der Waals surface area contributed by atoms with Crippen LogP contribution in [0.1, 0.15) is 99.3 Å². The average Bonchev–Trinajstić information content (AvgIpc) is 3.39. The minimum Gasteiger partial charge on any atom is -0.466 e. The van der Waals surface area contributed by atoms with Gasteiger partial charge in [0, 0.05) is 13.8 Å². The standard InChI is InChI=1S/C37H60O11/c1-19(17-45-21(3)38)8-7-9-20(2)25-10-11-26-31-27(16-30(41)37(25,26)6)36(5)13-12-24(40)14-23(36)15-28(31)47-35-34(44)33(43)32(42)29(48-35)18-46-22(4)39/h14,19-20,24-35,40-44H,7-13,15-18H2,1-6H3. The molecule has 16 atom stereocenters. The van der Waals surface area contributed by atoms with E-state index < -0.39 is 55.0 Å². The molecule has 0 aromatic rings. The van der Waals surface area contributed by atoms with Gasteiger partial charge in [0.15, 0.2) is 6.29 Å². The van der Waals surface area contributed by atoms with E-state index in [9.17, 15) is 35.1 Å². The van der Waals surface area contributed by atoms with Gasteiger partial charge in [-0.3, -0.25) is 9.59 Å². The molecule has 1 aliphatic heterocycles. The van der Waals surface area contributed by atoms with Crippen LogP contribution in [0.25, 0.3) is 0 Å². The highest BCUT2D eigenvalue weighted by Gasteiger charge is 2.65. The predicted octanol–water partition coefficient (Wildman–Crippen LogP) is 3.27. The summed E-state index contributed by atoms with van der Waals surface area (Å²) in [6.07, 6.45) is 1.10. The van der Waals surface area contributed by atoms with Gasteiger partial charge in [0.2, 0.25) is 0 Å². The van der Waals surface area contributed by atoms with E-state index in [2.05, 4.69) is 27.7 Å². The summed E-state index contributed by atoms with van der Waals surface area (Å²) >= 11 is 0. The van der Waals surface area contributed by atoms with E-state index in [1.807, 2.05) is 6.08 Å². The van der Waals surface area contributed by atoms with Crippen LogP contribution in [0, 0.1) is 46.3 Å². The first kappa shape index (κ1) is 37.7. The number of carbonyl (C=O) groups is 2. The lowest BCUT2D eigenvalue weighted by atomic mass is 9.45. The third kappa shape index (κ3) is 7.25. The summed E-state index contributed by atoms with van der Waals surface area (Å²) in [5.74, 6) is 0.423. The molecular weight excluding hydrogens is 620 g/mol. The quantitative estimate of drug-likeness (QED) is 0.160. The van der Waals surface area contributed by atoms with Crippen molar-refractivity contribution in [2.24, 2.45) is 46.3 Å². The molecule has 11 heteroatoms. The number of ether oxygens (including phenoxy) is 4. The Kier molecular flexibility index (Phi) is 11.7. The molecule has 1 heterocycles. The number of fused-ring (bicyclic) bond motifs is 5. The Balaban J connectivity index is 1.38. The van der Waals surface area contributed by atoms with E-state index in [1.54, 1.807) is 0 Å². The minimum absolute atomic E-state index is 0.0310. The van der Waals surface area contributed by atoms with Gasteiger partial charge in [-0.05, 0) is 91.3 Å². The number of esters is 2. The molecule has 16 unspecified atom stereocenters. The third-order valence-electron chi connectivity index (χ3n) is 13.3. The van der Waals surface area contributed by atoms with Crippen LogP contribution in [0.5, 0.6) is 0 Å². The van der Waals surface area contributed by atoms with Gasteiger partial charge in [-0.25, -0.2) is 0 Å². The first-order valence-electron chi connectivity index (χ1n) is 18.3. The van der Waals surface area contributed by atoms with E-state index in [1.165, 1.54) is 13.8 Å². The molecule has 4 aliphatic carbocycles. The average molecular weight is 681 g/mol. The Morgan fingerprint density at radius 1 is 0.938 bits per heavy atom. The van der Waals surface area contributed by atoms with Gasteiger partial charge in [0.1, 0.15) is 31.0 Å². The SMILES string of the molecule is CC(=O)OCC(C)CCCC(C)C1CCC2C3C(OC4OC(COC(C)=O)C(O)C(O)C4O)CC4=CC(O)CCC4(C)C3CC(O)C12C. The molecule has 4 fully saturated rings. The van der Waals surface area contributed by atoms with Crippen LogP contribution >= 0.6 is 0 Å². The summed E-state index contributed by atoms with van der Waals surface area (Å²) in [7, 11) is 0. The molecule has 0 aromatic carbocycles. The fourth-order valence-electron chi connectivity index (χ4n) is 10.6. The first-order valence-corrected chi connectivity index (χ1v) is 18.3. The van der Waals surface area contributed by atoms with Gasteiger partial charge in [-0.2, -0.15) is 0 Å². The zero-order valence-electron chi connectivity index (χ0n) is 29.6. The van der Waals surface area contributed by atoms with Crippen LogP contribution in [0.4, 0.5) is 0 Å². The molecule has 0 amide bonds. The van der Waals surface area contributed by atoms with Crippen molar-refractivity contribution in [1.82, 2.24) is 0 Å². The van der Waals surface area contributed by atoms with Gasteiger partial charge in [0.25, 0.3) is 0 Å². The smallest absolute Gasteiger partial charge is 0.302 e. The second kappa shape index (κ2) is 14.9. The predicted molar refractivity (Wildman–Crippen MR) is 175 cm³/mol. The van der Waals surface area contributed by atoms with Crippen molar-refractivity contribution >= 4 is 11.9 Å². The number of aliphatic hydroxyl groups excluding tert-OH is 5. The fraction of sp³-hybridized carbons (Fsp3) is 0.892. The van der Waals surface area contributed by atoms with Crippen LogP contribution in [0.2, 0.25) is 0 Å². The molecule has 5 N–H and O–H groups in total. The highest BCUT2D eigenvalue weighted by Crippen LogP contribution is 2.68. The van der Waals surface area contributed by atoms with Gasteiger partial charge in [-0.1, -0.05) is 52.2 Å². The normalized spacial score (nSPS) is 45.2. The number of rotatable bonds is 11. The summed E-state index contributed by atoms with van der Waals surface area (Å²) in [6.45, 7) is 11.8. The first-order chi connectivity index (χ1) is 22.6. The highest BCUT2D eigenvalue weighted by atomic mass is 16.7. The van der Waals surface area contributed by atoms with Gasteiger partial charge in [0.05, 0.1) is 24.9 Å². The number of hydrogen-bond acceptors (Lipinski definition) is 11. The Bertz CT molecular complexity index is 1180. The van der Waals surface area contributed by atoms with Crippen LogP contribution < -0.4 is 0 Å². The van der Waals surface area contributed by atoms with E-state index in [-0.39, 0.29) is 47.1 Å². The molecule has 274 valence electrons. The molecule has 0 bridgehead atoms. The minimum atomic E-state index is -1.56. The van der Waals surface area contributed by atoms with Gasteiger partial charge < -0.3 is 44.5 Å².